The summed E-state index contributed by atoms with van der Waals surface area (Å²) in [7, 11) is 0. The summed E-state index contributed by atoms with van der Waals surface area (Å²) in [4.78, 5) is 8.99. The Bertz CT molecular complexity index is 995. The first kappa shape index (κ1) is 19.9. The molecule has 0 fully saturated rings. The molecule has 0 bridgehead atoms. The first-order chi connectivity index (χ1) is 13.6. The van der Waals surface area contributed by atoms with Crippen molar-refractivity contribution in [3.05, 3.63) is 78.4 Å². The molecule has 1 unspecified atom stereocenters. The van der Waals surface area contributed by atoms with Gasteiger partial charge in [0.2, 0.25) is 0 Å². The van der Waals surface area contributed by atoms with E-state index in [2.05, 4.69) is 16.5 Å². The van der Waals surface area contributed by atoms with Crippen LogP contribution < -0.4 is 0 Å². The van der Waals surface area contributed by atoms with E-state index in [1.807, 2.05) is 36.4 Å². The maximum Gasteiger partial charge on any atom is 0.131 e. The zero-order chi connectivity index (χ0) is 19.9. The summed E-state index contributed by atoms with van der Waals surface area (Å²) in [5.41, 5.74) is 4.55. The zero-order valence-electron chi connectivity index (χ0n) is 16.1. The van der Waals surface area contributed by atoms with E-state index >= 15 is 0 Å². The number of aliphatic hydroxyl groups excluding tert-OH is 1. The number of unbranched alkanes of at least 4 members (excludes halogenated alkanes) is 1. The molecule has 3 nitrogen and oxygen atoms in total. The van der Waals surface area contributed by atoms with Gasteiger partial charge in [-0.05, 0) is 55.5 Å². The molecule has 144 valence electrons. The summed E-state index contributed by atoms with van der Waals surface area (Å²) in [6.45, 7) is 5.50. The van der Waals surface area contributed by atoms with Crippen LogP contribution in [0.3, 0.4) is 0 Å². The molecule has 2 aromatic carbocycles. The molecule has 28 heavy (non-hydrogen) atoms. The van der Waals surface area contributed by atoms with E-state index in [-0.39, 0.29) is 11.9 Å². The maximum atomic E-state index is 14.7. The molecule has 3 aromatic rings. The highest BCUT2D eigenvalue weighted by atomic mass is 19.1. The van der Waals surface area contributed by atoms with E-state index in [1.54, 1.807) is 31.3 Å². The van der Waals surface area contributed by atoms with Crippen LogP contribution in [0.2, 0.25) is 0 Å². The largest absolute Gasteiger partial charge is 0.393 e. The molecule has 0 aliphatic carbocycles. The van der Waals surface area contributed by atoms with E-state index < -0.39 is 0 Å². The van der Waals surface area contributed by atoms with Gasteiger partial charge < -0.3 is 5.11 Å². The average molecular weight is 376 g/mol. The fourth-order valence-electron chi connectivity index (χ4n) is 3.08. The number of benzene rings is 2. The van der Waals surface area contributed by atoms with Crippen LogP contribution in [0.4, 0.5) is 4.39 Å². The van der Waals surface area contributed by atoms with E-state index in [9.17, 15) is 9.50 Å². The predicted molar refractivity (Wildman–Crippen MR) is 113 cm³/mol. The van der Waals surface area contributed by atoms with E-state index in [1.165, 1.54) is 0 Å². The molecule has 0 saturated carbocycles. The topological polar surface area (TPSA) is 46.0 Å². The molecular weight excluding hydrogens is 351 g/mol. The van der Waals surface area contributed by atoms with Gasteiger partial charge in [-0.25, -0.2) is 9.37 Å². The van der Waals surface area contributed by atoms with Crippen molar-refractivity contribution in [3.63, 3.8) is 0 Å². The Hall–Kier alpha value is -2.85. The quantitative estimate of drug-likeness (QED) is 0.403. The van der Waals surface area contributed by atoms with E-state index in [0.29, 0.717) is 12.0 Å². The van der Waals surface area contributed by atoms with Crippen LogP contribution in [0.5, 0.6) is 0 Å². The summed E-state index contributed by atoms with van der Waals surface area (Å²) in [5.74, 6) is -0.262. The summed E-state index contributed by atoms with van der Waals surface area (Å²) < 4.78 is 14.7. The minimum absolute atomic E-state index is 0.262. The Morgan fingerprint density at radius 1 is 1.18 bits per heavy atom. The van der Waals surface area contributed by atoms with Gasteiger partial charge in [0.15, 0.2) is 0 Å². The normalized spacial score (nSPS) is 12.5. The standard InChI is InChI=1S/C24H25FN2O/c1-3-7-20-16-26-24-15-19(11-13-23(24)27-20)21-12-10-18(14-22(21)25)9-6-4-5-8-17(2)28/h3,6,9-17,28H,1,4-5,7-8H2,2H3/b9-6+. The Morgan fingerprint density at radius 2 is 2.04 bits per heavy atom. The van der Waals surface area contributed by atoms with Crippen molar-refractivity contribution in [2.45, 2.75) is 38.7 Å². The minimum atomic E-state index is -0.273. The molecule has 1 atom stereocenters. The molecule has 1 N–H and O–H groups in total. The summed E-state index contributed by atoms with van der Waals surface area (Å²) in [6.07, 6.45) is 10.4. The molecule has 4 heteroatoms. The third kappa shape index (κ3) is 5.11. The van der Waals surface area contributed by atoms with Crippen LogP contribution in [0.1, 0.15) is 37.4 Å². The first-order valence-electron chi connectivity index (χ1n) is 9.58. The molecule has 3 rings (SSSR count). The number of hydrogen-bond donors (Lipinski definition) is 1. The highest BCUT2D eigenvalue weighted by Crippen LogP contribution is 2.26. The van der Waals surface area contributed by atoms with Gasteiger partial charge in [-0.1, -0.05) is 36.4 Å². The van der Waals surface area contributed by atoms with Crippen LogP contribution in [0.25, 0.3) is 28.2 Å². The predicted octanol–water partition coefficient (Wildman–Crippen LogP) is 5.73. The average Bonchev–Trinajstić information content (AvgIpc) is 2.67. The molecule has 0 spiro atoms. The van der Waals surface area contributed by atoms with Gasteiger partial charge in [0.1, 0.15) is 5.82 Å². The second-order valence-corrected chi connectivity index (χ2v) is 6.98. The molecule has 1 aromatic heterocycles. The lowest BCUT2D eigenvalue weighted by atomic mass is 10.0. The van der Waals surface area contributed by atoms with E-state index in [4.69, 9.17) is 0 Å². The Morgan fingerprint density at radius 3 is 2.79 bits per heavy atom. The molecule has 0 saturated heterocycles. The second kappa shape index (κ2) is 9.38. The summed E-state index contributed by atoms with van der Waals surface area (Å²) >= 11 is 0. The third-order valence-corrected chi connectivity index (χ3v) is 4.55. The number of aliphatic hydroxyl groups is 1. The van der Waals surface area contributed by atoms with Gasteiger partial charge in [-0.3, -0.25) is 4.98 Å². The summed E-state index contributed by atoms with van der Waals surface area (Å²) in [5, 5.41) is 9.26. The lowest BCUT2D eigenvalue weighted by Crippen LogP contribution is -1.97. The van der Waals surface area contributed by atoms with Gasteiger partial charge in [-0.15, -0.1) is 6.58 Å². The number of rotatable bonds is 8. The Labute approximate surface area is 165 Å². The van der Waals surface area contributed by atoms with Crippen molar-refractivity contribution in [2.75, 3.05) is 0 Å². The van der Waals surface area contributed by atoms with Crippen LogP contribution in [0, 0.1) is 5.82 Å². The zero-order valence-corrected chi connectivity index (χ0v) is 16.1. The molecule has 0 aliphatic rings. The molecule has 0 radical (unpaired) electrons. The van der Waals surface area contributed by atoms with Gasteiger partial charge in [-0.2, -0.15) is 0 Å². The third-order valence-electron chi connectivity index (χ3n) is 4.55. The maximum absolute atomic E-state index is 14.7. The van der Waals surface area contributed by atoms with Crippen molar-refractivity contribution >= 4 is 17.1 Å². The lowest BCUT2D eigenvalue weighted by Gasteiger charge is -2.07. The van der Waals surface area contributed by atoms with Gasteiger partial charge in [0.05, 0.1) is 22.8 Å². The van der Waals surface area contributed by atoms with Crippen molar-refractivity contribution in [3.8, 4) is 11.1 Å². The van der Waals surface area contributed by atoms with E-state index in [0.717, 1.165) is 47.1 Å². The fourth-order valence-corrected chi connectivity index (χ4v) is 3.08. The van der Waals surface area contributed by atoms with Crippen molar-refractivity contribution in [1.82, 2.24) is 9.97 Å². The Kier molecular flexibility index (Phi) is 6.66. The smallest absolute Gasteiger partial charge is 0.131 e. The lowest BCUT2D eigenvalue weighted by molar-refractivity contribution is 0.182. The number of allylic oxidation sites excluding steroid dienone is 2. The SMILES string of the molecule is C=CCc1cnc2cc(-c3ccc(/C=C/CCCC(C)O)cc3F)ccc2n1. The number of fused-ring (bicyclic) bond motifs is 1. The van der Waals surface area contributed by atoms with Crippen molar-refractivity contribution in [1.29, 1.82) is 0 Å². The second-order valence-electron chi connectivity index (χ2n) is 6.98. The van der Waals surface area contributed by atoms with Crippen LogP contribution in [-0.2, 0) is 6.42 Å². The molecule has 0 amide bonds. The van der Waals surface area contributed by atoms with Gasteiger partial charge >= 0.3 is 0 Å². The Balaban J connectivity index is 1.77. The van der Waals surface area contributed by atoms with Crippen LogP contribution in [0.15, 0.2) is 61.3 Å². The van der Waals surface area contributed by atoms with Crippen molar-refractivity contribution < 1.29 is 9.50 Å². The van der Waals surface area contributed by atoms with Gasteiger partial charge in [0, 0.05) is 18.2 Å². The van der Waals surface area contributed by atoms with Crippen LogP contribution in [-0.4, -0.2) is 21.2 Å². The first-order valence-corrected chi connectivity index (χ1v) is 9.58. The van der Waals surface area contributed by atoms with Gasteiger partial charge in [0.25, 0.3) is 0 Å². The molecular formula is C24H25FN2O. The summed E-state index contributed by atoms with van der Waals surface area (Å²) in [6, 6.07) is 10.9. The minimum Gasteiger partial charge on any atom is -0.393 e. The monoisotopic (exact) mass is 376 g/mol. The number of halogens is 1. The number of nitrogens with zero attached hydrogens (tertiary/aromatic N) is 2. The van der Waals surface area contributed by atoms with Crippen molar-refractivity contribution in [2.24, 2.45) is 0 Å². The number of hydrogen-bond acceptors (Lipinski definition) is 3. The fraction of sp³-hybridized carbons (Fsp3) is 0.250. The molecule has 1 heterocycles. The van der Waals surface area contributed by atoms with Crippen LogP contribution >= 0.6 is 0 Å². The number of aromatic nitrogens is 2. The highest BCUT2D eigenvalue weighted by Gasteiger charge is 2.08. The highest BCUT2D eigenvalue weighted by molar-refractivity contribution is 5.81. The molecule has 0 aliphatic heterocycles.